The van der Waals surface area contributed by atoms with Crippen LogP contribution in [-0.4, -0.2) is 36.3 Å². The second-order valence-electron chi connectivity index (χ2n) is 1.68. The number of hydrogen-bond donors (Lipinski definition) is 2. The van der Waals surface area contributed by atoms with Gasteiger partial charge >= 0.3 is 0 Å². The zero-order chi connectivity index (χ0) is 6.95. The molecule has 1 rings (SSSR count). The molecule has 1 saturated heterocycles. The molecule has 56 valence electrons. The molecule has 0 amide bonds. The van der Waals surface area contributed by atoms with E-state index in [2.05, 4.69) is 5.32 Å². The van der Waals surface area contributed by atoms with Gasteiger partial charge in [-0.15, -0.1) is 0 Å². The monoisotopic (exact) mass is 149 g/mol. The molecule has 0 bridgehead atoms. The van der Waals surface area contributed by atoms with E-state index >= 15 is 0 Å². The van der Waals surface area contributed by atoms with Crippen molar-refractivity contribution in [2.75, 3.05) is 31.2 Å². The molecule has 0 atom stereocenters. The van der Waals surface area contributed by atoms with E-state index in [9.17, 15) is 0 Å². The largest absolute Gasteiger partial charge is 0.397 e. The van der Waals surface area contributed by atoms with Crippen molar-refractivity contribution in [1.29, 1.82) is 0 Å². The van der Waals surface area contributed by atoms with E-state index in [1.165, 1.54) is 24.6 Å². The van der Waals surface area contributed by atoms with E-state index < -0.39 is 0 Å². The van der Waals surface area contributed by atoms with Crippen LogP contribution in [0.1, 0.15) is 6.92 Å². The third kappa shape index (κ3) is 8.27. The lowest BCUT2D eigenvalue weighted by molar-refractivity contribution is 0.318. The average molecular weight is 149 g/mol. The van der Waals surface area contributed by atoms with Gasteiger partial charge in [-0.05, 0) is 6.92 Å². The molecule has 0 spiro atoms. The maximum absolute atomic E-state index is 7.57. The van der Waals surface area contributed by atoms with E-state index in [4.69, 9.17) is 5.11 Å². The zero-order valence-corrected chi connectivity index (χ0v) is 6.71. The standard InChI is InChI=1S/C4H9NS.C2H6O/c1-3-6-4-2-5-1;1-2-3/h5H,1-4H2;3H,2H2,1H3. The summed E-state index contributed by atoms with van der Waals surface area (Å²) in [5, 5.41) is 10.8. The Kier molecular flexibility index (Phi) is 8.52. The summed E-state index contributed by atoms with van der Waals surface area (Å²) in [4.78, 5) is 0. The molecule has 9 heavy (non-hydrogen) atoms. The van der Waals surface area contributed by atoms with Gasteiger partial charge in [0.15, 0.2) is 0 Å². The Morgan fingerprint density at radius 1 is 1.44 bits per heavy atom. The Balaban J connectivity index is 0.000000187. The molecule has 0 saturated carbocycles. The van der Waals surface area contributed by atoms with Crippen molar-refractivity contribution in [1.82, 2.24) is 5.32 Å². The fraction of sp³-hybridized carbons (Fsp3) is 1.00. The van der Waals surface area contributed by atoms with Crippen LogP contribution in [0.25, 0.3) is 0 Å². The highest BCUT2D eigenvalue weighted by atomic mass is 32.2. The molecule has 1 fully saturated rings. The Morgan fingerprint density at radius 2 is 1.89 bits per heavy atom. The topological polar surface area (TPSA) is 32.3 Å². The molecule has 2 nitrogen and oxygen atoms in total. The Labute approximate surface area is 61.0 Å². The van der Waals surface area contributed by atoms with E-state index in [0.717, 1.165) is 0 Å². The van der Waals surface area contributed by atoms with Crippen LogP contribution in [0.5, 0.6) is 0 Å². The smallest absolute Gasteiger partial charge is 0.0402 e. The van der Waals surface area contributed by atoms with E-state index in [1.807, 2.05) is 11.8 Å². The lowest BCUT2D eigenvalue weighted by Crippen LogP contribution is -2.24. The molecule has 0 aromatic carbocycles. The second kappa shape index (κ2) is 8.27. The SMILES string of the molecule is C1CSCCN1.CCO. The van der Waals surface area contributed by atoms with Crippen LogP contribution in [0.2, 0.25) is 0 Å². The predicted octanol–water partition coefficient (Wildman–Crippen LogP) is 0.321. The van der Waals surface area contributed by atoms with Gasteiger partial charge in [0.05, 0.1) is 0 Å². The van der Waals surface area contributed by atoms with Crippen LogP contribution in [0.3, 0.4) is 0 Å². The van der Waals surface area contributed by atoms with Crippen LogP contribution < -0.4 is 5.32 Å². The second-order valence-corrected chi connectivity index (χ2v) is 2.90. The third-order valence-corrected chi connectivity index (χ3v) is 1.83. The molecule has 1 aliphatic rings. The summed E-state index contributed by atoms with van der Waals surface area (Å²) >= 11 is 2.03. The maximum Gasteiger partial charge on any atom is 0.0402 e. The average Bonchev–Trinajstić information content (AvgIpc) is 1.93. The first-order chi connectivity index (χ1) is 4.41. The fourth-order valence-electron chi connectivity index (χ4n) is 0.516. The molecule has 1 aliphatic heterocycles. The molecule has 0 aromatic rings. The molecule has 0 aliphatic carbocycles. The van der Waals surface area contributed by atoms with E-state index in [1.54, 1.807) is 6.92 Å². The molecular formula is C6H15NOS. The van der Waals surface area contributed by atoms with E-state index in [-0.39, 0.29) is 6.61 Å². The molecule has 1 heterocycles. The maximum atomic E-state index is 7.57. The zero-order valence-electron chi connectivity index (χ0n) is 5.89. The summed E-state index contributed by atoms with van der Waals surface area (Å²) in [5.74, 6) is 2.61. The Bertz CT molecular complexity index is 36.8. The summed E-state index contributed by atoms with van der Waals surface area (Å²) in [6.07, 6.45) is 0. The van der Waals surface area contributed by atoms with Gasteiger partial charge in [-0.1, -0.05) is 0 Å². The Morgan fingerprint density at radius 3 is 2.00 bits per heavy atom. The lowest BCUT2D eigenvalue weighted by Gasteiger charge is -2.08. The summed E-state index contributed by atoms with van der Waals surface area (Å²) in [6.45, 7) is 4.36. The van der Waals surface area contributed by atoms with Crippen LogP contribution in [0, 0.1) is 0 Å². The molecular weight excluding hydrogens is 134 g/mol. The predicted molar refractivity (Wildman–Crippen MR) is 43.0 cm³/mol. The van der Waals surface area contributed by atoms with Crippen molar-refractivity contribution in [2.24, 2.45) is 0 Å². The number of aliphatic hydroxyl groups excluding tert-OH is 1. The van der Waals surface area contributed by atoms with Crippen molar-refractivity contribution in [3.63, 3.8) is 0 Å². The summed E-state index contributed by atoms with van der Waals surface area (Å²) < 4.78 is 0. The first kappa shape index (κ1) is 9.27. The molecule has 0 radical (unpaired) electrons. The van der Waals surface area contributed by atoms with Crippen LogP contribution in [0.15, 0.2) is 0 Å². The van der Waals surface area contributed by atoms with Crippen LogP contribution in [0.4, 0.5) is 0 Å². The fourth-order valence-corrected chi connectivity index (χ4v) is 1.30. The van der Waals surface area contributed by atoms with Crippen molar-refractivity contribution >= 4 is 11.8 Å². The van der Waals surface area contributed by atoms with Crippen molar-refractivity contribution < 1.29 is 5.11 Å². The van der Waals surface area contributed by atoms with Crippen molar-refractivity contribution in [3.8, 4) is 0 Å². The number of thioether (sulfide) groups is 1. The van der Waals surface area contributed by atoms with Crippen molar-refractivity contribution in [3.05, 3.63) is 0 Å². The molecule has 0 unspecified atom stereocenters. The van der Waals surface area contributed by atoms with Gasteiger partial charge < -0.3 is 10.4 Å². The van der Waals surface area contributed by atoms with Gasteiger partial charge in [-0.25, -0.2) is 0 Å². The normalized spacial score (nSPS) is 18.0. The van der Waals surface area contributed by atoms with Gasteiger partial charge in [-0.2, -0.15) is 11.8 Å². The number of nitrogens with one attached hydrogen (secondary N) is 1. The number of rotatable bonds is 0. The summed E-state index contributed by atoms with van der Waals surface area (Å²) in [5.41, 5.74) is 0. The minimum absolute atomic E-state index is 0.250. The van der Waals surface area contributed by atoms with Crippen LogP contribution in [-0.2, 0) is 0 Å². The summed E-state index contributed by atoms with van der Waals surface area (Å²) in [6, 6.07) is 0. The Hall–Kier alpha value is 0.270. The van der Waals surface area contributed by atoms with Gasteiger partial charge in [0.2, 0.25) is 0 Å². The first-order valence-electron chi connectivity index (χ1n) is 3.31. The third-order valence-electron chi connectivity index (χ3n) is 0.846. The lowest BCUT2D eigenvalue weighted by atomic mass is 10.6. The van der Waals surface area contributed by atoms with Gasteiger partial charge in [-0.3, -0.25) is 0 Å². The highest BCUT2D eigenvalue weighted by molar-refractivity contribution is 7.99. The minimum atomic E-state index is 0.250. The van der Waals surface area contributed by atoms with Gasteiger partial charge in [0, 0.05) is 31.2 Å². The first-order valence-corrected chi connectivity index (χ1v) is 4.46. The van der Waals surface area contributed by atoms with E-state index in [0.29, 0.717) is 0 Å². The number of aliphatic hydroxyl groups is 1. The number of hydrogen-bond acceptors (Lipinski definition) is 3. The molecule has 0 aromatic heterocycles. The minimum Gasteiger partial charge on any atom is -0.397 e. The van der Waals surface area contributed by atoms with Crippen molar-refractivity contribution in [2.45, 2.75) is 6.92 Å². The van der Waals surface area contributed by atoms with Crippen LogP contribution >= 0.6 is 11.8 Å². The molecule has 3 heteroatoms. The quantitative estimate of drug-likeness (QED) is 0.520. The van der Waals surface area contributed by atoms with Gasteiger partial charge in [0.1, 0.15) is 0 Å². The highest BCUT2D eigenvalue weighted by Gasteiger charge is 1.93. The molecule has 2 N–H and O–H groups in total. The van der Waals surface area contributed by atoms with Gasteiger partial charge in [0.25, 0.3) is 0 Å². The summed E-state index contributed by atoms with van der Waals surface area (Å²) in [7, 11) is 0. The highest BCUT2D eigenvalue weighted by Crippen LogP contribution is 1.99.